The molecule has 78 heavy (non-hydrogen) atoms. The molecule has 2 aliphatic heterocycles. The SMILES string of the molecule is Cc1c(-c2cccc(-c3nc(-c4ccccc4)nc(-c4ccccc4)n3)c2)cc2c3c1-c1cc4ccccc4c4c5c6ccccc6ccc5n(c14)B3c1cc(-c3ccccc3)ccc1N2c1ccc(-c2ccccc2)cc1. The van der Waals surface area contributed by atoms with E-state index in [2.05, 4.69) is 241 Å². The predicted molar refractivity (Wildman–Crippen MR) is 326 cm³/mol. The lowest BCUT2D eigenvalue weighted by molar-refractivity contribution is 1.07. The van der Waals surface area contributed by atoms with Crippen molar-refractivity contribution < 1.29 is 0 Å². The largest absolute Gasteiger partial charge is 0.375 e. The van der Waals surface area contributed by atoms with Gasteiger partial charge in [0.2, 0.25) is 0 Å². The second-order valence-electron chi connectivity index (χ2n) is 20.7. The summed E-state index contributed by atoms with van der Waals surface area (Å²) >= 11 is 0. The molecule has 0 atom stereocenters. The maximum atomic E-state index is 5.20. The van der Waals surface area contributed by atoms with E-state index < -0.39 is 0 Å². The van der Waals surface area contributed by atoms with Crippen LogP contribution in [0.2, 0.25) is 0 Å². The molecule has 0 amide bonds. The molecule has 0 N–H and O–H groups in total. The van der Waals surface area contributed by atoms with Gasteiger partial charge in [-0.1, -0.05) is 218 Å². The average molecular weight is 992 g/mol. The van der Waals surface area contributed by atoms with Crippen LogP contribution in [-0.2, 0) is 0 Å². The highest BCUT2D eigenvalue weighted by molar-refractivity contribution is 6.90. The van der Waals surface area contributed by atoms with Gasteiger partial charge in [0.05, 0.1) is 0 Å². The lowest BCUT2D eigenvalue weighted by Gasteiger charge is -2.42. The number of benzene rings is 12. The molecule has 2 aromatic heterocycles. The van der Waals surface area contributed by atoms with E-state index in [1.165, 1.54) is 93.2 Å². The smallest absolute Gasteiger partial charge is 0.333 e. The van der Waals surface area contributed by atoms with Crippen molar-refractivity contribution in [2.45, 2.75) is 6.92 Å². The van der Waals surface area contributed by atoms with E-state index in [0.717, 1.165) is 44.9 Å². The summed E-state index contributed by atoms with van der Waals surface area (Å²) in [7, 11) is 0. The number of nitrogens with zero attached hydrogens (tertiary/aromatic N) is 5. The second kappa shape index (κ2) is 17.5. The minimum atomic E-state index is -0.166. The van der Waals surface area contributed by atoms with Crippen LogP contribution >= 0.6 is 0 Å². The zero-order valence-corrected chi connectivity index (χ0v) is 42.6. The maximum absolute atomic E-state index is 5.20. The molecule has 0 bridgehead atoms. The molecule has 0 aliphatic carbocycles. The highest BCUT2D eigenvalue weighted by Gasteiger charge is 2.44. The Morgan fingerprint density at radius 3 is 1.55 bits per heavy atom. The molecular formula is C72H46BN5. The van der Waals surface area contributed by atoms with Gasteiger partial charge in [0, 0.05) is 61.1 Å². The van der Waals surface area contributed by atoms with Gasteiger partial charge in [-0.05, 0) is 126 Å². The summed E-state index contributed by atoms with van der Waals surface area (Å²) in [6.07, 6.45) is 0. The Morgan fingerprint density at radius 2 is 0.885 bits per heavy atom. The Balaban J connectivity index is 1.01. The number of fused-ring (bicyclic) bond motifs is 11. The zero-order chi connectivity index (χ0) is 51.4. The Bertz CT molecular complexity index is 4670. The van der Waals surface area contributed by atoms with Gasteiger partial charge in [-0.25, -0.2) is 15.0 Å². The van der Waals surface area contributed by atoms with Crippen molar-refractivity contribution in [2.75, 3.05) is 4.90 Å². The van der Waals surface area contributed by atoms with Gasteiger partial charge in [0.15, 0.2) is 17.5 Å². The number of aromatic nitrogens is 4. The second-order valence-corrected chi connectivity index (χ2v) is 20.7. The van der Waals surface area contributed by atoms with Gasteiger partial charge in [-0.15, -0.1) is 0 Å². The fourth-order valence-electron chi connectivity index (χ4n) is 12.9. The van der Waals surface area contributed by atoms with E-state index in [1.54, 1.807) is 0 Å². The summed E-state index contributed by atoms with van der Waals surface area (Å²) in [5, 5.41) is 7.58. The highest BCUT2D eigenvalue weighted by Crippen LogP contribution is 2.51. The summed E-state index contributed by atoms with van der Waals surface area (Å²) in [6, 6.07) is 94.7. The fraction of sp³-hybridized carbons (Fsp3) is 0.0139. The summed E-state index contributed by atoms with van der Waals surface area (Å²) in [6.45, 7) is 2.18. The van der Waals surface area contributed by atoms with Gasteiger partial charge < -0.3 is 9.38 Å². The van der Waals surface area contributed by atoms with Gasteiger partial charge in [-0.3, -0.25) is 0 Å². The molecule has 362 valence electrons. The molecule has 0 radical (unpaired) electrons. The lowest BCUT2D eigenvalue weighted by atomic mass is 9.44. The molecule has 4 heterocycles. The van der Waals surface area contributed by atoms with E-state index >= 15 is 0 Å². The van der Waals surface area contributed by atoms with Crippen molar-refractivity contribution in [1.29, 1.82) is 0 Å². The van der Waals surface area contributed by atoms with Crippen molar-refractivity contribution >= 4 is 78.2 Å². The third kappa shape index (κ3) is 6.79. The van der Waals surface area contributed by atoms with Crippen molar-refractivity contribution in [2.24, 2.45) is 0 Å². The van der Waals surface area contributed by atoms with E-state index in [9.17, 15) is 0 Å². The van der Waals surface area contributed by atoms with Crippen LogP contribution in [0.15, 0.2) is 261 Å². The Labute approximate surface area is 452 Å². The summed E-state index contributed by atoms with van der Waals surface area (Å²) < 4.78 is 2.71. The van der Waals surface area contributed by atoms with Gasteiger partial charge in [0.1, 0.15) is 0 Å². The molecule has 0 fully saturated rings. The average Bonchev–Trinajstić information content (AvgIpc) is 4.10. The van der Waals surface area contributed by atoms with E-state index in [0.29, 0.717) is 17.5 Å². The first-order valence-electron chi connectivity index (χ1n) is 26.8. The number of anilines is 3. The number of rotatable bonds is 7. The summed E-state index contributed by atoms with van der Waals surface area (Å²) in [5.41, 5.74) is 22.0. The molecular weight excluding hydrogens is 946 g/mol. The van der Waals surface area contributed by atoms with Crippen LogP contribution in [-0.4, -0.2) is 26.3 Å². The molecule has 2 aliphatic rings. The van der Waals surface area contributed by atoms with Crippen LogP contribution in [0.1, 0.15) is 5.56 Å². The molecule has 14 aromatic rings. The number of hydrogen-bond donors (Lipinski definition) is 0. The minimum Gasteiger partial charge on any atom is -0.375 e. The minimum absolute atomic E-state index is 0.166. The normalized spacial score (nSPS) is 12.4. The standard InChI is InChI=1S/C72H46BN5/c1-45-59(53-29-18-30-55(41-53)72-75-70(50-24-10-4-11-25-50)74-71(76-72)51-26-12-5-13-27-51)44-64-68-65(45)60-42-54-28-15-17-32-58(54)67-66-57-31-16-14-23-49(57)35-40-63(66)78(69(60)67)73(68)61-43-52(47-21-8-3-9-22-47)36-39-62(61)77(64)56-37-33-48(34-38-56)46-19-6-2-7-20-46/h2-44H,1H3. The quantitative estimate of drug-likeness (QED) is 0.149. The van der Waals surface area contributed by atoms with Crippen LogP contribution in [0.3, 0.4) is 0 Å². The summed E-state index contributed by atoms with van der Waals surface area (Å²) in [4.78, 5) is 18.0. The molecule has 12 aromatic carbocycles. The van der Waals surface area contributed by atoms with Crippen LogP contribution in [0.25, 0.3) is 122 Å². The number of hydrogen-bond acceptors (Lipinski definition) is 4. The van der Waals surface area contributed by atoms with Crippen molar-refractivity contribution in [3.8, 4) is 78.7 Å². The monoisotopic (exact) mass is 991 g/mol. The first kappa shape index (κ1) is 44.2. The first-order chi connectivity index (χ1) is 38.6. The van der Waals surface area contributed by atoms with Crippen molar-refractivity contribution in [1.82, 2.24) is 19.4 Å². The Kier molecular flexibility index (Phi) is 9.88. The summed E-state index contributed by atoms with van der Waals surface area (Å²) in [5.74, 6) is 1.89. The first-order valence-corrected chi connectivity index (χ1v) is 26.8. The topological polar surface area (TPSA) is 46.8 Å². The van der Waals surface area contributed by atoms with Crippen molar-refractivity contribution in [3.05, 3.63) is 266 Å². The predicted octanol–water partition coefficient (Wildman–Crippen LogP) is 17.0. The van der Waals surface area contributed by atoms with Gasteiger partial charge >= 0.3 is 6.85 Å². The molecule has 0 unspecified atom stereocenters. The molecule has 6 heteroatoms. The van der Waals surface area contributed by atoms with Gasteiger partial charge in [0.25, 0.3) is 0 Å². The zero-order valence-electron chi connectivity index (χ0n) is 42.6. The maximum Gasteiger partial charge on any atom is 0.333 e. The Hall–Kier alpha value is -10.2. The molecule has 0 saturated carbocycles. The van der Waals surface area contributed by atoms with Crippen LogP contribution < -0.4 is 15.8 Å². The third-order valence-corrected chi connectivity index (χ3v) is 16.4. The molecule has 16 rings (SSSR count). The molecule has 5 nitrogen and oxygen atoms in total. The lowest BCUT2D eigenvalue weighted by Crippen LogP contribution is -2.57. The van der Waals surface area contributed by atoms with Crippen LogP contribution in [0, 0.1) is 6.92 Å². The molecule has 0 spiro atoms. The Morgan fingerprint density at radius 1 is 0.359 bits per heavy atom. The van der Waals surface area contributed by atoms with E-state index in [4.69, 9.17) is 15.0 Å². The van der Waals surface area contributed by atoms with Gasteiger partial charge in [-0.2, -0.15) is 0 Å². The third-order valence-electron chi connectivity index (χ3n) is 16.4. The van der Waals surface area contributed by atoms with Crippen molar-refractivity contribution in [3.63, 3.8) is 0 Å². The molecule has 0 saturated heterocycles. The van der Waals surface area contributed by atoms with E-state index in [-0.39, 0.29) is 6.85 Å². The van der Waals surface area contributed by atoms with Crippen LogP contribution in [0.4, 0.5) is 17.1 Å². The van der Waals surface area contributed by atoms with E-state index in [1.807, 2.05) is 36.4 Å². The highest BCUT2D eigenvalue weighted by atomic mass is 15.2. The fourth-order valence-corrected chi connectivity index (χ4v) is 12.9. The van der Waals surface area contributed by atoms with Crippen LogP contribution in [0.5, 0.6) is 0 Å².